The lowest BCUT2D eigenvalue weighted by molar-refractivity contribution is 0.144. The molecule has 112 valence electrons. The Labute approximate surface area is 122 Å². The summed E-state index contributed by atoms with van der Waals surface area (Å²) < 4.78 is 11.0. The zero-order chi connectivity index (χ0) is 14.4. The van der Waals surface area contributed by atoms with Gasteiger partial charge < -0.3 is 15.2 Å². The Bertz CT molecular complexity index is 408. The predicted molar refractivity (Wildman–Crippen MR) is 82.1 cm³/mol. The molecule has 0 bridgehead atoms. The van der Waals surface area contributed by atoms with Crippen LogP contribution in [0.5, 0.6) is 5.75 Å². The van der Waals surface area contributed by atoms with Crippen molar-refractivity contribution in [2.75, 3.05) is 26.9 Å². The third-order valence-electron chi connectivity index (χ3n) is 4.42. The number of benzene rings is 1. The minimum atomic E-state index is 0.530. The lowest BCUT2D eigenvalue weighted by Crippen LogP contribution is -2.28. The van der Waals surface area contributed by atoms with E-state index in [0.717, 1.165) is 18.2 Å². The zero-order valence-corrected chi connectivity index (χ0v) is 12.7. The molecule has 0 heterocycles. The summed E-state index contributed by atoms with van der Waals surface area (Å²) in [5.41, 5.74) is 7.31. The Hall–Kier alpha value is -1.06. The van der Waals surface area contributed by atoms with E-state index in [9.17, 15) is 0 Å². The summed E-state index contributed by atoms with van der Waals surface area (Å²) in [5.74, 6) is 2.89. The van der Waals surface area contributed by atoms with E-state index in [4.69, 9.17) is 15.2 Å². The molecular weight excluding hydrogens is 250 g/mol. The first-order valence-corrected chi connectivity index (χ1v) is 7.67. The number of rotatable bonds is 6. The van der Waals surface area contributed by atoms with Gasteiger partial charge in [0, 0.05) is 7.11 Å². The Morgan fingerprint density at radius 1 is 1.20 bits per heavy atom. The molecule has 0 amide bonds. The second-order valence-corrected chi connectivity index (χ2v) is 5.90. The van der Waals surface area contributed by atoms with Crippen LogP contribution in [-0.4, -0.2) is 26.9 Å². The van der Waals surface area contributed by atoms with Gasteiger partial charge in [-0.15, -0.1) is 0 Å². The average Bonchev–Trinajstić information content (AvgIpc) is 2.48. The summed E-state index contributed by atoms with van der Waals surface area (Å²) in [7, 11) is 1.70. The third kappa shape index (κ3) is 3.74. The van der Waals surface area contributed by atoms with Crippen LogP contribution in [-0.2, 0) is 4.74 Å². The first-order chi connectivity index (χ1) is 9.76. The molecule has 20 heavy (non-hydrogen) atoms. The normalized spacial score (nSPS) is 26.4. The lowest BCUT2D eigenvalue weighted by atomic mass is 9.71. The Balaban J connectivity index is 2.16. The van der Waals surface area contributed by atoms with E-state index in [2.05, 4.69) is 25.1 Å². The van der Waals surface area contributed by atoms with Gasteiger partial charge in [-0.1, -0.05) is 31.5 Å². The van der Waals surface area contributed by atoms with Crippen molar-refractivity contribution < 1.29 is 9.47 Å². The number of para-hydroxylation sites is 1. The van der Waals surface area contributed by atoms with Gasteiger partial charge in [0.15, 0.2) is 0 Å². The van der Waals surface area contributed by atoms with Gasteiger partial charge in [0.1, 0.15) is 12.4 Å². The first-order valence-electron chi connectivity index (χ1n) is 7.67. The summed E-state index contributed by atoms with van der Waals surface area (Å²) in [5, 5.41) is 0. The van der Waals surface area contributed by atoms with Crippen LogP contribution in [0.1, 0.15) is 37.7 Å². The average molecular weight is 277 g/mol. The maximum absolute atomic E-state index is 5.99. The second-order valence-electron chi connectivity index (χ2n) is 5.90. The Kier molecular flexibility index (Phi) is 5.86. The van der Waals surface area contributed by atoms with Gasteiger partial charge in [-0.3, -0.25) is 0 Å². The quantitative estimate of drug-likeness (QED) is 0.812. The van der Waals surface area contributed by atoms with Crippen molar-refractivity contribution in [2.24, 2.45) is 17.6 Å². The number of hydrogen-bond donors (Lipinski definition) is 1. The van der Waals surface area contributed by atoms with E-state index in [0.29, 0.717) is 25.0 Å². The summed E-state index contributed by atoms with van der Waals surface area (Å²) in [6, 6.07) is 8.41. The van der Waals surface area contributed by atoms with Crippen LogP contribution in [0.15, 0.2) is 24.3 Å². The molecule has 0 aliphatic heterocycles. The van der Waals surface area contributed by atoms with Crippen LogP contribution in [0.3, 0.4) is 0 Å². The van der Waals surface area contributed by atoms with Crippen molar-refractivity contribution in [3.63, 3.8) is 0 Å². The fourth-order valence-electron chi connectivity index (χ4n) is 3.26. The first kappa shape index (κ1) is 15.3. The molecule has 1 fully saturated rings. The molecule has 1 aromatic carbocycles. The van der Waals surface area contributed by atoms with E-state index in [1.165, 1.54) is 24.8 Å². The maximum atomic E-state index is 5.99. The van der Waals surface area contributed by atoms with Crippen LogP contribution in [0.25, 0.3) is 0 Å². The van der Waals surface area contributed by atoms with Gasteiger partial charge in [-0.05, 0) is 48.8 Å². The molecule has 3 atom stereocenters. The number of nitrogens with two attached hydrogens (primary N) is 1. The summed E-state index contributed by atoms with van der Waals surface area (Å²) >= 11 is 0. The van der Waals surface area contributed by atoms with Crippen molar-refractivity contribution >= 4 is 0 Å². The standard InChI is InChI=1S/C17H27NO2/c1-13-7-8-14(12-18)16(11-13)15-5-3-4-6-17(15)20-10-9-19-2/h3-6,13-14,16H,7-12,18H2,1-2H3. The van der Waals surface area contributed by atoms with Gasteiger partial charge >= 0.3 is 0 Å². The molecule has 0 saturated heterocycles. The monoisotopic (exact) mass is 277 g/mol. The van der Waals surface area contributed by atoms with Gasteiger partial charge in [0.25, 0.3) is 0 Å². The van der Waals surface area contributed by atoms with Gasteiger partial charge in [0.2, 0.25) is 0 Å². The predicted octanol–water partition coefficient (Wildman–Crippen LogP) is 3.19. The molecule has 1 saturated carbocycles. The molecule has 3 unspecified atom stereocenters. The Morgan fingerprint density at radius 3 is 2.75 bits per heavy atom. The summed E-state index contributed by atoms with van der Waals surface area (Å²) in [4.78, 5) is 0. The summed E-state index contributed by atoms with van der Waals surface area (Å²) in [6.45, 7) is 4.33. The molecule has 3 heteroatoms. The fourth-order valence-corrected chi connectivity index (χ4v) is 3.26. The van der Waals surface area contributed by atoms with Gasteiger partial charge in [-0.25, -0.2) is 0 Å². The highest BCUT2D eigenvalue weighted by Crippen LogP contribution is 2.43. The minimum Gasteiger partial charge on any atom is -0.491 e. The van der Waals surface area contributed by atoms with Crippen LogP contribution >= 0.6 is 0 Å². The topological polar surface area (TPSA) is 44.5 Å². The molecule has 0 radical (unpaired) electrons. The van der Waals surface area contributed by atoms with Crippen molar-refractivity contribution in [1.29, 1.82) is 0 Å². The van der Waals surface area contributed by atoms with Gasteiger partial charge in [-0.2, -0.15) is 0 Å². The van der Waals surface area contributed by atoms with E-state index in [-0.39, 0.29) is 0 Å². The minimum absolute atomic E-state index is 0.530. The molecule has 0 aromatic heterocycles. The smallest absolute Gasteiger partial charge is 0.122 e. The molecule has 2 rings (SSSR count). The molecule has 2 N–H and O–H groups in total. The number of hydrogen-bond acceptors (Lipinski definition) is 3. The van der Waals surface area contributed by atoms with Crippen molar-refractivity contribution in [3.05, 3.63) is 29.8 Å². The molecule has 1 aliphatic rings. The van der Waals surface area contributed by atoms with E-state index >= 15 is 0 Å². The number of methoxy groups -OCH3 is 1. The Morgan fingerprint density at radius 2 is 2.00 bits per heavy atom. The van der Waals surface area contributed by atoms with E-state index in [1.54, 1.807) is 7.11 Å². The highest BCUT2D eigenvalue weighted by Gasteiger charge is 2.30. The van der Waals surface area contributed by atoms with Crippen molar-refractivity contribution in [3.8, 4) is 5.75 Å². The molecule has 0 spiro atoms. The zero-order valence-electron chi connectivity index (χ0n) is 12.7. The highest BCUT2D eigenvalue weighted by molar-refractivity contribution is 5.37. The highest BCUT2D eigenvalue weighted by atomic mass is 16.5. The molecular formula is C17H27NO2. The van der Waals surface area contributed by atoms with Crippen molar-refractivity contribution in [1.82, 2.24) is 0 Å². The van der Waals surface area contributed by atoms with Crippen LogP contribution in [0.4, 0.5) is 0 Å². The molecule has 1 aliphatic carbocycles. The lowest BCUT2D eigenvalue weighted by Gasteiger charge is -2.35. The maximum Gasteiger partial charge on any atom is 0.122 e. The third-order valence-corrected chi connectivity index (χ3v) is 4.42. The van der Waals surface area contributed by atoms with Gasteiger partial charge in [0.05, 0.1) is 6.61 Å². The van der Waals surface area contributed by atoms with Crippen LogP contribution < -0.4 is 10.5 Å². The SMILES string of the molecule is COCCOc1ccccc1C1CC(C)CCC1CN. The fraction of sp³-hybridized carbons (Fsp3) is 0.647. The van der Waals surface area contributed by atoms with E-state index < -0.39 is 0 Å². The second kappa shape index (κ2) is 7.65. The van der Waals surface area contributed by atoms with E-state index in [1.807, 2.05) is 6.07 Å². The molecule has 1 aromatic rings. The number of ether oxygens (including phenoxy) is 2. The van der Waals surface area contributed by atoms with Crippen molar-refractivity contribution in [2.45, 2.75) is 32.1 Å². The van der Waals surface area contributed by atoms with Crippen LogP contribution in [0.2, 0.25) is 0 Å². The van der Waals surface area contributed by atoms with Crippen LogP contribution in [0, 0.1) is 11.8 Å². The largest absolute Gasteiger partial charge is 0.491 e. The summed E-state index contributed by atoms with van der Waals surface area (Å²) in [6.07, 6.45) is 3.74. The molecule has 3 nitrogen and oxygen atoms in total.